The maximum atomic E-state index is 14.4. The maximum Gasteiger partial charge on any atom is 0.152 e. The van der Waals surface area contributed by atoms with Crippen molar-refractivity contribution in [2.75, 3.05) is 12.3 Å². The average molecular weight is 452 g/mol. The van der Waals surface area contributed by atoms with Crippen molar-refractivity contribution < 1.29 is 14.2 Å². The summed E-state index contributed by atoms with van der Waals surface area (Å²) >= 11 is 0. The number of nitrogen functional groups attached to an aromatic ring is 1. The van der Waals surface area contributed by atoms with Crippen LogP contribution in [0.2, 0.25) is 0 Å². The van der Waals surface area contributed by atoms with Crippen molar-refractivity contribution in [2.45, 2.75) is 52.5 Å². The summed E-state index contributed by atoms with van der Waals surface area (Å²) in [5.74, 6) is 0.719. The van der Waals surface area contributed by atoms with Gasteiger partial charge in [0.2, 0.25) is 0 Å². The molecule has 5 N–H and O–H groups in total. The molecule has 0 aliphatic rings. The van der Waals surface area contributed by atoms with E-state index in [4.69, 9.17) is 16.2 Å². The predicted octanol–water partition coefficient (Wildman–Crippen LogP) is 3.66. The summed E-state index contributed by atoms with van der Waals surface area (Å²) in [5.41, 5.74) is 15.5. The zero-order chi connectivity index (χ0) is 23.8. The summed E-state index contributed by atoms with van der Waals surface area (Å²) in [5, 5.41) is 11.4. The minimum Gasteiger partial charge on any atom is -0.389 e. The molecule has 0 aliphatic carbocycles. The third-order valence-corrected chi connectivity index (χ3v) is 5.57. The first-order valence-corrected chi connectivity index (χ1v) is 11.0. The van der Waals surface area contributed by atoms with Crippen LogP contribution in [0.4, 0.5) is 10.2 Å². The SMILES string of the molecule is CCOCc1nc2c(N)nc3cc(Cc4cc(CN)ccc4F)ccc3c2n1CC(C)(C)O. The van der Waals surface area contributed by atoms with E-state index < -0.39 is 5.60 Å². The largest absolute Gasteiger partial charge is 0.389 e. The van der Waals surface area contributed by atoms with Crippen LogP contribution < -0.4 is 11.5 Å². The molecule has 2 aromatic heterocycles. The number of aromatic nitrogens is 3. The topological polar surface area (TPSA) is 112 Å². The maximum absolute atomic E-state index is 14.4. The van der Waals surface area contributed by atoms with Crippen molar-refractivity contribution in [3.05, 3.63) is 64.7 Å². The Morgan fingerprint density at radius 1 is 1.12 bits per heavy atom. The Balaban J connectivity index is 1.84. The first kappa shape index (κ1) is 23.1. The molecule has 4 aromatic rings. The molecule has 0 saturated carbocycles. The van der Waals surface area contributed by atoms with Gasteiger partial charge in [-0.15, -0.1) is 0 Å². The molecule has 33 heavy (non-hydrogen) atoms. The number of fused-ring (bicyclic) bond motifs is 3. The molecule has 0 fully saturated rings. The van der Waals surface area contributed by atoms with E-state index in [9.17, 15) is 9.50 Å². The van der Waals surface area contributed by atoms with E-state index in [0.29, 0.717) is 61.0 Å². The van der Waals surface area contributed by atoms with Crippen molar-refractivity contribution in [3.63, 3.8) is 0 Å². The summed E-state index contributed by atoms with van der Waals surface area (Å²) in [4.78, 5) is 9.26. The van der Waals surface area contributed by atoms with Crippen LogP contribution in [-0.2, 0) is 30.9 Å². The molecule has 0 radical (unpaired) electrons. The summed E-state index contributed by atoms with van der Waals surface area (Å²) in [6, 6.07) is 10.8. The van der Waals surface area contributed by atoms with Gasteiger partial charge in [0.05, 0.1) is 23.2 Å². The van der Waals surface area contributed by atoms with Crippen LogP contribution >= 0.6 is 0 Å². The highest BCUT2D eigenvalue weighted by Crippen LogP contribution is 2.31. The lowest BCUT2D eigenvalue weighted by atomic mass is 10.0. The molecule has 2 heterocycles. The van der Waals surface area contributed by atoms with E-state index in [-0.39, 0.29) is 5.82 Å². The number of aliphatic hydroxyl groups is 1. The Morgan fingerprint density at radius 3 is 2.58 bits per heavy atom. The fraction of sp³-hybridized carbons (Fsp3) is 0.360. The van der Waals surface area contributed by atoms with Gasteiger partial charge in [0.1, 0.15) is 23.8 Å². The Labute approximate surface area is 192 Å². The minimum atomic E-state index is -0.968. The van der Waals surface area contributed by atoms with E-state index in [2.05, 4.69) is 9.97 Å². The van der Waals surface area contributed by atoms with Gasteiger partial charge < -0.3 is 25.9 Å². The van der Waals surface area contributed by atoms with Crippen LogP contribution in [0, 0.1) is 5.82 Å². The molecule has 8 heteroatoms. The van der Waals surface area contributed by atoms with Crippen molar-refractivity contribution >= 4 is 27.8 Å². The van der Waals surface area contributed by atoms with Crippen molar-refractivity contribution in [3.8, 4) is 0 Å². The number of imidazole rings is 1. The lowest BCUT2D eigenvalue weighted by molar-refractivity contribution is 0.0582. The summed E-state index contributed by atoms with van der Waals surface area (Å²) in [6.07, 6.45) is 0.410. The number of benzene rings is 2. The van der Waals surface area contributed by atoms with Gasteiger partial charge in [-0.25, -0.2) is 14.4 Å². The van der Waals surface area contributed by atoms with Crippen LogP contribution in [0.3, 0.4) is 0 Å². The standard InChI is InChI=1S/C25H30FN5O2/c1-4-33-13-21-30-22-23(31(21)14-25(2,3)32)18-7-5-15(11-20(18)29-24(22)28)9-17-10-16(12-27)6-8-19(17)26/h5-8,10-11,32H,4,9,12-14,27H2,1-3H3,(H2,28,29). The summed E-state index contributed by atoms with van der Waals surface area (Å²) < 4.78 is 21.9. The van der Waals surface area contributed by atoms with Gasteiger partial charge in [-0.1, -0.05) is 24.3 Å². The summed E-state index contributed by atoms with van der Waals surface area (Å²) in [7, 11) is 0. The number of ether oxygens (including phenoxy) is 1. The van der Waals surface area contributed by atoms with Crippen LogP contribution in [0.1, 0.15) is 43.3 Å². The zero-order valence-corrected chi connectivity index (χ0v) is 19.2. The molecule has 0 spiro atoms. The molecule has 0 amide bonds. The molecule has 4 rings (SSSR count). The Kier molecular flexibility index (Phi) is 6.34. The molecular formula is C25H30FN5O2. The van der Waals surface area contributed by atoms with Gasteiger partial charge in [-0.05, 0) is 49.6 Å². The number of nitrogens with zero attached hydrogens (tertiary/aromatic N) is 3. The fourth-order valence-corrected chi connectivity index (χ4v) is 4.08. The van der Waals surface area contributed by atoms with E-state index >= 15 is 0 Å². The van der Waals surface area contributed by atoms with E-state index in [1.165, 1.54) is 6.07 Å². The van der Waals surface area contributed by atoms with Crippen LogP contribution in [0.15, 0.2) is 36.4 Å². The molecule has 7 nitrogen and oxygen atoms in total. The van der Waals surface area contributed by atoms with E-state index in [1.54, 1.807) is 26.0 Å². The average Bonchev–Trinajstić information content (AvgIpc) is 3.11. The van der Waals surface area contributed by atoms with Crippen molar-refractivity contribution in [1.82, 2.24) is 14.5 Å². The number of nitrogens with two attached hydrogens (primary N) is 2. The first-order chi connectivity index (χ1) is 15.7. The lowest BCUT2D eigenvalue weighted by Crippen LogP contribution is -2.27. The van der Waals surface area contributed by atoms with E-state index in [1.807, 2.05) is 29.7 Å². The van der Waals surface area contributed by atoms with Gasteiger partial charge in [0, 0.05) is 25.0 Å². The highest BCUT2D eigenvalue weighted by atomic mass is 19.1. The smallest absolute Gasteiger partial charge is 0.152 e. The second kappa shape index (κ2) is 9.05. The normalized spacial score (nSPS) is 12.2. The lowest BCUT2D eigenvalue weighted by Gasteiger charge is -2.20. The number of hydrogen-bond acceptors (Lipinski definition) is 6. The third-order valence-electron chi connectivity index (χ3n) is 5.57. The highest BCUT2D eigenvalue weighted by molar-refractivity contribution is 6.06. The monoisotopic (exact) mass is 451 g/mol. The third kappa shape index (κ3) is 4.83. The van der Waals surface area contributed by atoms with Crippen LogP contribution in [-0.4, -0.2) is 31.8 Å². The van der Waals surface area contributed by atoms with Gasteiger partial charge in [-0.2, -0.15) is 0 Å². The molecule has 174 valence electrons. The number of rotatable bonds is 8. The Bertz CT molecular complexity index is 1310. The summed E-state index contributed by atoms with van der Waals surface area (Å²) in [6.45, 7) is 6.94. The molecule has 0 atom stereocenters. The van der Waals surface area contributed by atoms with Gasteiger partial charge in [-0.3, -0.25) is 0 Å². The van der Waals surface area contributed by atoms with Crippen LogP contribution in [0.5, 0.6) is 0 Å². The number of anilines is 1. The fourth-order valence-electron chi connectivity index (χ4n) is 4.08. The van der Waals surface area contributed by atoms with Gasteiger partial charge >= 0.3 is 0 Å². The molecule has 0 aliphatic heterocycles. The second-order valence-corrected chi connectivity index (χ2v) is 8.92. The number of hydrogen-bond donors (Lipinski definition) is 3. The first-order valence-electron chi connectivity index (χ1n) is 11.0. The molecular weight excluding hydrogens is 421 g/mol. The Morgan fingerprint density at radius 2 is 1.88 bits per heavy atom. The minimum absolute atomic E-state index is 0.265. The highest BCUT2D eigenvalue weighted by Gasteiger charge is 2.22. The zero-order valence-electron chi connectivity index (χ0n) is 19.2. The van der Waals surface area contributed by atoms with Gasteiger partial charge in [0.25, 0.3) is 0 Å². The molecule has 0 bridgehead atoms. The molecule has 0 unspecified atom stereocenters. The van der Waals surface area contributed by atoms with Crippen molar-refractivity contribution in [2.24, 2.45) is 5.73 Å². The quantitative estimate of drug-likeness (QED) is 0.377. The Hall–Kier alpha value is -3.07. The van der Waals surface area contributed by atoms with E-state index in [0.717, 1.165) is 22.0 Å². The van der Waals surface area contributed by atoms with Gasteiger partial charge in [0.15, 0.2) is 5.82 Å². The number of pyridine rings is 1. The molecule has 2 aromatic carbocycles. The predicted molar refractivity (Wildman–Crippen MR) is 128 cm³/mol. The second-order valence-electron chi connectivity index (χ2n) is 8.92. The van der Waals surface area contributed by atoms with Crippen LogP contribution in [0.25, 0.3) is 21.9 Å². The number of halogens is 1. The van der Waals surface area contributed by atoms with Crippen molar-refractivity contribution in [1.29, 1.82) is 0 Å². The molecule has 0 saturated heterocycles.